The molecule has 6 heteroatoms. The van der Waals surface area contributed by atoms with E-state index in [0.29, 0.717) is 19.8 Å². The van der Waals surface area contributed by atoms with E-state index >= 15 is 0 Å². The maximum absolute atomic E-state index is 5.64. The highest BCUT2D eigenvalue weighted by atomic mass is 79.9. The molecule has 0 bridgehead atoms. The largest absolute Gasteiger partial charge is 0.486 e. The number of nitrogens with two attached hydrogens (primary N) is 1. The van der Waals surface area contributed by atoms with Crippen molar-refractivity contribution in [1.82, 2.24) is 10.2 Å². The van der Waals surface area contributed by atoms with Gasteiger partial charge >= 0.3 is 0 Å². The molecule has 0 amide bonds. The molecule has 20 heavy (non-hydrogen) atoms. The smallest absolute Gasteiger partial charge is 0.162 e. The summed E-state index contributed by atoms with van der Waals surface area (Å²) in [5, 5.41) is 7.42. The number of ether oxygens (including phenoxy) is 2. The first-order valence-electron chi connectivity index (χ1n) is 6.54. The second-order valence-corrected chi connectivity index (χ2v) is 5.51. The van der Waals surface area contributed by atoms with Crippen LogP contribution in [0.25, 0.3) is 11.3 Å². The van der Waals surface area contributed by atoms with Gasteiger partial charge in [0.15, 0.2) is 11.5 Å². The molecule has 3 N–H and O–H groups in total. The monoisotopic (exact) mass is 337 g/mol. The van der Waals surface area contributed by atoms with Gasteiger partial charge in [-0.25, -0.2) is 0 Å². The summed E-state index contributed by atoms with van der Waals surface area (Å²) in [5.41, 5.74) is 9.61. The molecule has 0 saturated carbocycles. The number of aryl methyl sites for hydroxylation is 1. The number of aromatic nitrogens is 2. The predicted octanol–water partition coefficient (Wildman–Crippen LogP) is 2.42. The number of fused-ring (bicyclic) bond motifs is 1. The lowest BCUT2D eigenvalue weighted by atomic mass is 10.0. The summed E-state index contributed by atoms with van der Waals surface area (Å²) in [5.74, 6) is 1.57. The van der Waals surface area contributed by atoms with E-state index in [4.69, 9.17) is 15.2 Å². The van der Waals surface area contributed by atoms with Gasteiger partial charge in [0.25, 0.3) is 0 Å². The third kappa shape index (κ3) is 2.29. The molecular formula is C14H16BrN3O2. The summed E-state index contributed by atoms with van der Waals surface area (Å²) in [6.45, 7) is 3.80. The zero-order valence-electron chi connectivity index (χ0n) is 11.2. The number of H-pyrrole nitrogens is 1. The van der Waals surface area contributed by atoms with E-state index in [2.05, 4.69) is 26.1 Å². The van der Waals surface area contributed by atoms with Crippen molar-refractivity contribution < 1.29 is 9.47 Å². The van der Waals surface area contributed by atoms with E-state index in [-0.39, 0.29) is 0 Å². The molecule has 5 nitrogen and oxygen atoms in total. The fourth-order valence-electron chi connectivity index (χ4n) is 2.30. The lowest BCUT2D eigenvalue weighted by molar-refractivity contribution is 0.171. The number of halogens is 1. The van der Waals surface area contributed by atoms with E-state index in [9.17, 15) is 0 Å². The van der Waals surface area contributed by atoms with Crippen LogP contribution in [0.2, 0.25) is 0 Å². The van der Waals surface area contributed by atoms with Crippen molar-refractivity contribution in [3.05, 3.63) is 27.9 Å². The Hall–Kier alpha value is -1.53. The molecule has 0 atom stereocenters. The summed E-state index contributed by atoms with van der Waals surface area (Å²) in [6.07, 6.45) is 0.761. The van der Waals surface area contributed by atoms with Crippen LogP contribution in [-0.2, 0) is 6.42 Å². The molecule has 2 heterocycles. The van der Waals surface area contributed by atoms with Crippen LogP contribution in [0.1, 0.15) is 11.3 Å². The van der Waals surface area contributed by atoms with Gasteiger partial charge in [-0.1, -0.05) is 0 Å². The molecule has 1 aromatic carbocycles. The van der Waals surface area contributed by atoms with Crippen LogP contribution in [0, 0.1) is 6.92 Å². The number of rotatable bonds is 3. The topological polar surface area (TPSA) is 73.2 Å². The Kier molecular flexibility index (Phi) is 3.67. The molecule has 1 aliphatic rings. The standard InChI is InChI=1S/C14H16BrN3O2/c1-8-6-11-12(20-5-4-19-11)7-9(8)14-13(15)10(2-3-16)17-18-14/h6-7H,2-5,16H2,1H3,(H,17,18). The van der Waals surface area contributed by atoms with E-state index in [0.717, 1.165) is 44.9 Å². The molecule has 1 aliphatic heterocycles. The Balaban J connectivity index is 2.05. The highest BCUT2D eigenvalue weighted by Crippen LogP contribution is 2.39. The van der Waals surface area contributed by atoms with Gasteiger partial charge in [-0.05, 0) is 47.1 Å². The van der Waals surface area contributed by atoms with Gasteiger partial charge < -0.3 is 15.2 Å². The third-order valence-electron chi connectivity index (χ3n) is 3.31. The Bertz CT molecular complexity index is 640. The van der Waals surface area contributed by atoms with Crippen LogP contribution in [0.5, 0.6) is 11.5 Å². The summed E-state index contributed by atoms with van der Waals surface area (Å²) < 4.78 is 12.2. The van der Waals surface area contributed by atoms with Gasteiger partial charge in [0.05, 0.1) is 10.2 Å². The molecule has 0 unspecified atom stereocenters. The van der Waals surface area contributed by atoms with Crippen molar-refractivity contribution in [3.8, 4) is 22.8 Å². The number of hydrogen-bond donors (Lipinski definition) is 2. The quantitative estimate of drug-likeness (QED) is 0.902. The van der Waals surface area contributed by atoms with Gasteiger partial charge in [0.1, 0.15) is 18.9 Å². The van der Waals surface area contributed by atoms with Gasteiger partial charge in [-0.2, -0.15) is 5.10 Å². The van der Waals surface area contributed by atoms with E-state index in [1.54, 1.807) is 0 Å². The summed E-state index contributed by atoms with van der Waals surface area (Å²) in [6, 6.07) is 3.98. The number of nitrogens with zero attached hydrogens (tertiary/aromatic N) is 1. The van der Waals surface area contributed by atoms with Crippen molar-refractivity contribution in [2.45, 2.75) is 13.3 Å². The van der Waals surface area contributed by atoms with E-state index in [1.807, 2.05) is 19.1 Å². The van der Waals surface area contributed by atoms with Crippen LogP contribution >= 0.6 is 15.9 Å². The minimum absolute atomic E-state index is 0.579. The Morgan fingerprint density at radius 3 is 2.70 bits per heavy atom. The summed E-state index contributed by atoms with van der Waals surface area (Å²) >= 11 is 3.60. The second kappa shape index (κ2) is 5.46. The molecule has 2 aromatic rings. The minimum Gasteiger partial charge on any atom is -0.486 e. The molecule has 1 aromatic heterocycles. The van der Waals surface area contributed by atoms with E-state index in [1.165, 1.54) is 0 Å². The maximum atomic E-state index is 5.64. The summed E-state index contributed by atoms with van der Waals surface area (Å²) in [4.78, 5) is 0. The average Bonchev–Trinajstić information content (AvgIpc) is 2.80. The molecular weight excluding hydrogens is 322 g/mol. The van der Waals surface area contributed by atoms with Crippen molar-refractivity contribution in [2.75, 3.05) is 19.8 Å². The first-order valence-corrected chi connectivity index (χ1v) is 7.33. The highest BCUT2D eigenvalue weighted by Gasteiger charge is 2.19. The normalized spacial score (nSPS) is 13.6. The van der Waals surface area contributed by atoms with Gasteiger partial charge in [-0.15, -0.1) is 0 Å². The predicted molar refractivity (Wildman–Crippen MR) is 80.2 cm³/mol. The zero-order chi connectivity index (χ0) is 14.1. The second-order valence-electron chi connectivity index (χ2n) is 4.71. The van der Waals surface area contributed by atoms with Crippen LogP contribution in [0.4, 0.5) is 0 Å². The number of nitrogens with one attached hydrogen (secondary N) is 1. The summed E-state index contributed by atoms with van der Waals surface area (Å²) in [7, 11) is 0. The average molecular weight is 338 g/mol. The van der Waals surface area contributed by atoms with Crippen molar-refractivity contribution in [2.24, 2.45) is 5.73 Å². The maximum Gasteiger partial charge on any atom is 0.162 e. The molecule has 0 spiro atoms. The molecule has 0 aliphatic carbocycles. The molecule has 0 fully saturated rings. The minimum atomic E-state index is 0.579. The van der Waals surface area contributed by atoms with E-state index < -0.39 is 0 Å². The van der Waals surface area contributed by atoms with Crippen molar-refractivity contribution >= 4 is 15.9 Å². The Morgan fingerprint density at radius 1 is 1.30 bits per heavy atom. The SMILES string of the molecule is Cc1cc2c(cc1-c1n[nH]c(CCN)c1Br)OCCO2. The van der Waals surface area contributed by atoms with Gasteiger partial charge in [0.2, 0.25) is 0 Å². The highest BCUT2D eigenvalue weighted by molar-refractivity contribution is 9.10. The van der Waals surface area contributed by atoms with Crippen LogP contribution < -0.4 is 15.2 Å². The fraction of sp³-hybridized carbons (Fsp3) is 0.357. The lowest BCUT2D eigenvalue weighted by Gasteiger charge is -2.20. The fourth-order valence-corrected chi connectivity index (χ4v) is 2.89. The van der Waals surface area contributed by atoms with Crippen LogP contribution in [0.3, 0.4) is 0 Å². The Morgan fingerprint density at radius 2 is 2.00 bits per heavy atom. The lowest BCUT2D eigenvalue weighted by Crippen LogP contribution is -2.15. The molecule has 106 valence electrons. The number of aromatic amines is 1. The van der Waals surface area contributed by atoms with Crippen molar-refractivity contribution in [3.63, 3.8) is 0 Å². The Labute approximate surface area is 125 Å². The molecule has 3 rings (SSSR count). The van der Waals surface area contributed by atoms with Gasteiger partial charge in [-0.3, -0.25) is 5.10 Å². The number of benzene rings is 1. The van der Waals surface area contributed by atoms with Crippen molar-refractivity contribution in [1.29, 1.82) is 0 Å². The zero-order valence-corrected chi connectivity index (χ0v) is 12.8. The van der Waals surface area contributed by atoms with Crippen LogP contribution in [-0.4, -0.2) is 30.0 Å². The van der Waals surface area contributed by atoms with Crippen LogP contribution in [0.15, 0.2) is 16.6 Å². The first-order chi connectivity index (χ1) is 9.70. The molecule has 0 radical (unpaired) electrons. The van der Waals surface area contributed by atoms with Gasteiger partial charge in [0, 0.05) is 12.0 Å². The first kappa shape index (κ1) is 13.5. The number of hydrogen-bond acceptors (Lipinski definition) is 4. The molecule has 0 saturated heterocycles. The third-order valence-corrected chi connectivity index (χ3v) is 4.17.